The van der Waals surface area contributed by atoms with Crippen molar-refractivity contribution in [3.63, 3.8) is 0 Å². The zero-order valence-electron chi connectivity index (χ0n) is 16.1. The van der Waals surface area contributed by atoms with Gasteiger partial charge in [0.15, 0.2) is 0 Å². The summed E-state index contributed by atoms with van der Waals surface area (Å²) in [6, 6.07) is 16.5. The fourth-order valence-corrected chi connectivity index (χ4v) is 4.10. The molecule has 2 heterocycles. The van der Waals surface area contributed by atoms with Gasteiger partial charge in [-0.05, 0) is 41.7 Å². The van der Waals surface area contributed by atoms with E-state index < -0.39 is 5.91 Å². The Morgan fingerprint density at radius 3 is 2.79 bits per heavy atom. The molecule has 29 heavy (non-hydrogen) atoms. The predicted octanol–water partition coefficient (Wildman–Crippen LogP) is 2.86. The number of benzene rings is 2. The quantitative estimate of drug-likeness (QED) is 0.296. The molecule has 0 saturated carbocycles. The average molecular weight is 391 g/mol. The first-order valence-corrected chi connectivity index (χ1v) is 9.80. The van der Waals surface area contributed by atoms with Crippen molar-refractivity contribution in [1.29, 1.82) is 0 Å². The van der Waals surface area contributed by atoms with Gasteiger partial charge >= 0.3 is 0 Å². The topological polar surface area (TPSA) is 88.6 Å². The van der Waals surface area contributed by atoms with Crippen LogP contribution in [-0.2, 0) is 17.8 Å². The number of hydrogen-bond donors (Lipinski definition) is 4. The number of carbonyl (C=O) groups is 1. The molecule has 0 unspecified atom stereocenters. The summed E-state index contributed by atoms with van der Waals surface area (Å²) in [5.41, 5.74) is 6.05. The zero-order valence-corrected chi connectivity index (χ0v) is 16.1. The molecule has 6 nitrogen and oxygen atoms in total. The molecule has 1 aromatic heterocycles. The molecule has 2 aromatic carbocycles. The molecule has 1 aliphatic rings. The molecule has 1 saturated heterocycles. The Bertz CT molecular complexity index is 1010. The van der Waals surface area contributed by atoms with Crippen molar-refractivity contribution >= 4 is 22.9 Å². The normalized spacial score (nSPS) is 19.9. The van der Waals surface area contributed by atoms with Crippen LogP contribution in [0.15, 0.2) is 60.8 Å². The number of aromatic amines is 1. The minimum atomic E-state index is -0.555. The van der Waals surface area contributed by atoms with Crippen LogP contribution in [-0.4, -0.2) is 44.8 Å². The second-order valence-electron chi connectivity index (χ2n) is 7.59. The summed E-state index contributed by atoms with van der Waals surface area (Å²) in [6.07, 6.45) is 6.38. The summed E-state index contributed by atoms with van der Waals surface area (Å²) in [4.78, 5) is 16.8. The number of para-hydroxylation sites is 1. The highest BCUT2D eigenvalue weighted by molar-refractivity contribution is 5.90. The lowest BCUT2D eigenvalue weighted by atomic mass is 10.0. The lowest BCUT2D eigenvalue weighted by molar-refractivity contribution is -0.124. The number of amides is 1. The number of aromatic nitrogens is 1. The SMILES string of the molecule is O=C(/C=C/c1ccc(CN2C[C@@H](O)C[C@@H]2Cc2c[nH]c3ccccc23)cc1)NO. The first-order valence-electron chi connectivity index (χ1n) is 9.80. The van der Waals surface area contributed by atoms with Gasteiger partial charge in [-0.2, -0.15) is 0 Å². The molecule has 1 fully saturated rings. The van der Waals surface area contributed by atoms with Crippen LogP contribution < -0.4 is 5.48 Å². The Hall–Kier alpha value is -2.93. The van der Waals surface area contributed by atoms with E-state index in [4.69, 9.17) is 5.21 Å². The van der Waals surface area contributed by atoms with Crippen LogP contribution in [0.1, 0.15) is 23.1 Å². The van der Waals surface area contributed by atoms with Crippen LogP contribution in [0.4, 0.5) is 0 Å². The van der Waals surface area contributed by atoms with Crippen molar-refractivity contribution in [2.24, 2.45) is 0 Å². The molecule has 0 spiro atoms. The second-order valence-corrected chi connectivity index (χ2v) is 7.59. The number of rotatable bonds is 6. The maximum Gasteiger partial charge on any atom is 0.267 e. The van der Waals surface area contributed by atoms with Gasteiger partial charge in [0.05, 0.1) is 6.10 Å². The highest BCUT2D eigenvalue weighted by atomic mass is 16.5. The van der Waals surface area contributed by atoms with Gasteiger partial charge in [-0.1, -0.05) is 42.5 Å². The van der Waals surface area contributed by atoms with Crippen molar-refractivity contribution in [3.05, 3.63) is 77.5 Å². The molecule has 4 rings (SSSR count). The van der Waals surface area contributed by atoms with Crippen molar-refractivity contribution in [2.45, 2.75) is 31.5 Å². The maximum atomic E-state index is 11.1. The third-order valence-corrected chi connectivity index (χ3v) is 5.54. The summed E-state index contributed by atoms with van der Waals surface area (Å²) in [6.45, 7) is 1.44. The van der Waals surface area contributed by atoms with Gasteiger partial charge in [-0.3, -0.25) is 14.9 Å². The predicted molar refractivity (Wildman–Crippen MR) is 112 cm³/mol. The molecule has 150 valence electrons. The monoisotopic (exact) mass is 391 g/mol. The van der Waals surface area contributed by atoms with E-state index in [2.05, 4.69) is 34.3 Å². The Kier molecular flexibility index (Phi) is 5.76. The molecule has 6 heteroatoms. The number of aliphatic hydroxyl groups is 1. The van der Waals surface area contributed by atoms with Crippen LogP contribution in [0, 0.1) is 0 Å². The van der Waals surface area contributed by atoms with Crippen LogP contribution in [0.2, 0.25) is 0 Å². The van der Waals surface area contributed by atoms with Gasteiger partial charge in [0, 0.05) is 42.3 Å². The van der Waals surface area contributed by atoms with Crippen molar-refractivity contribution in [3.8, 4) is 0 Å². The molecule has 1 amide bonds. The Morgan fingerprint density at radius 1 is 1.21 bits per heavy atom. The zero-order chi connectivity index (χ0) is 20.2. The first-order chi connectivity index (χ1) is 14.1. The van der Waals surface area contributed by atoms with E-state index in [0.717, 1.165) is 36.0 Å². The van der Waals surface area contributed by atoms with Gasteiger partial charge in [-0.15, -0.1) is 0 Å². The van der Waals surface area contributed by atoms with Crippen molar-refractivity contribution in [2.75, 3.05) is 6.54 Å². The number of hydrogen-bond acceptors (Lipinski definition) is 4. The lowest BCUT2D eigenvalue weighted by Crippen LogP contribution is -2.30. The standard InChI is InChI=1S/C23H25N3O3/c27-20-12-19(11-18-13-24-22-4-2-1-3-21(18)22)26(15-20)14-17-7-5-16(6-8-17)9-10-23(28)25-29/h1-10,13,19-20,24,27,29H,11-12,14-15H2,(H,25,28)/b10-9+/t19-,20-/m0/s1. The summed E-state index contributed by atoms with van der Waals surface area (Å²) in [7, 11) is 0. The second kappa shape index (κ2) is 8.61. The molecule has 4 N–H and O–H groups in total. The number of β-amino-alcohol motifs (C(OH)–C–C–N with tert-alkyl or cyclic N) is 1. The van der Waals surface area contributed by atoms with Gasteiger partial charge in [0.25, 0.3) is 5.91 Å². The molecule has 0 radical (unpaired) electrons. The third-order valence-electron chi connectivity index (χ3n) is 5.54. The molecule has 0 bridgehead atoms. The minimum absolute atomic E-state index is 0.289. The fraction of sp³-hybridized carbons (Fsp3) is 0.261. The Morgan fingerprint density at radius 2 is 2.00 bits per heavy atom. The maximum absolute atomic E-state index is 11.1. The highest BCUT2D eigenvalue weighted by Crippen LogP contribution is 2.27. The highest BCUT2D eigenvalue weighted by Gasteiger charge is 2.31. The first kappa shape index (κ1) is 19.4. The summed E-state index contributed by atoms with van der Waals surface area (Å²) >= 11 is 0. The number of H-pyrrole nitrogens is 1. The number of aliphatic hydroxyl groups excluding tert-OH is 1. The van der Waals surface area contributed by atoms with Crippen LogP contribution in [0.25, 0.3) is 17.0 Å². The summed E-state index contributed by atoms with van der Waals surface area (Å²) in [5, 5.41) is 20.0. The number of fused-ring (bicyclic) bond motifs is 1. The molecular weight excluding hydrogens is 366 g/mol. The van der Waals surface area contributed by atoms with E-state index in [9.17, 15) is 9.90 Å². The van der Waals surface area contributed by atoms with Gasteiger partial charge in [0.1, 0.15) is 0 Å². The van der Waals surface area contributed by atoms with E-state index in [1.807, 2.05) is 30.3 Å². The van der Waals surface area contributed by atoms with Gasteiger partial charge < -0.3 is 10.1 Å². The van der Waals surface area contributed by atoms with E-state index in [1.54, 1.807) is 11.6 Å². The number of carbonyl (C=O) groups excluding carboxylic acids is 1. The summed E-state index contributed by atoms with van der Waals surface area (Å²) < 4.78 is 0. The molecule has 1 aliphatic heterocycles. The third kappa shape index (κ3) is 4.56. The molecule has 3 aromatic rings. The van der Waals surface area contributed by atoms with E-state index in [0.29, 0.717) is 6.54 Å². The fourth-order valence-electron chi connectivity index (χ4n) is 4.10. The van der Waals surface area contributed by atoms with Crippen molar-refractivity contribution < 1.29 is 15.1 Å². The lowest BCUT2D eigenvalue weighted by Gasteiger charge is -2.24. The molecule has 0 aliphatic carbocycles. The van der Waals surface area contributed by atoms with Crippen molar-refractivity contribution in [1.82, 2.24) is 15.4 Å². The number of hydroxylamine groups is 1. The smallest absolute Gasteiger partial charge is 0.267 e. The summed E-state index contributed by atoms with van der Waals surface area (Å²) in [5.74, 6) is -0.555. The van der Waals surface area contributed by atoms with Crippen LogP contribution in [0.5, 0.6) is 0 Å². The van der Waals surface area contributed by atoms with Gasteiger partial charge in [-0.25, -0.2) is 5.48 Å². The van der Waals surface area contributed by atoms with E-state index in [-0.39, 0.29) is 12.1 Å². The van der Waals surface area contributed by atoms with Gasteiger partial charge in [0.2, 0.25) is 0 Å². The number of nitrogens with one attached hydrogen (secondary N) is 2. The van der Waals surface area contributed by atoms with Crippen LogP contribution >= 0.6 is 0 Å². The molecular formula is C23H25N3O3. The number of nitrogens with zero attached hydrogens (tertiary/aromatic N) is 1. The minimum Gasteiger partial charge on any atom is -0.392 e. The molecule has 2 atom stereocenters. The van der Waals surface area contributed by atoms with E-state index >= 15 is 0 Å². The average Bonchev–Trinajstić information content (AvgIpc) is 3.30. The number of likely N-dealkylation sites (tertiary alicyclic amines) is 1. The Labute approximate surface area is 169 Å². The largest absolute Gasteiger partial charge is 0.392 e. The Balaban J connectivity index is 1.44. The van der Waals surface area contributed by atoms with E-state index in [1.165, 1.54) is 17.0 Å². The van der Waals surface area contributed by atoms with Crippen LogP contribution in [0.3, 0.4) is 0 Å².